The Morgan fingerprint density at radius 1 is 1.38 bits per heavy atom. The summed E-state index contributed by atoms with van der Waals surface area (Å²) < 4.78 is 2.88. The first-order chi connectivity index (χ1) is 7.58. The quantitative estimate of drug-likeness (QED) is 0.730. The Morgan fingerprint density at radius 2 is 2.12 bits per heavy atom. The number of halogens is 3. The van der Waals surface area contributed by atoms with Crippen LogP contribution >= 0.6 is 45.8 Å². The fourth-order valence-electron chi connectivity index (χ4n) is 1.42. The van der Waals surface area contributed by atoms with Crippen LogP contribution in [0.25, 0.3) is 0 Å². The fourth-order valence-corrected chi connectivity index (χ4v) is 2.22. The van der Waals surface area contributed by atoms with Gasteiger partial charge in [-0.25, -0.2) is 0 Å². The Morgan fingerprint density at radius 3 is 2.75 bits per heavy atom. The van der Waals surface area contributed by atoms with E-state index in [1.165, 1.54) is 5.56 Å². The molecule has 0 saturated carbocycles. The van der Waals surface area contributed by atoms with Gasteiger partial charge in [0.05, 0.1) is 16.6 Å². The molecule has 2 nitrogen and oxygen atoms in total. The van der Waals surface area contributed by atoms with Crippen LogP contribution in [0.15, 0.2) is 24.4 Å². The van der Waals surface area contributed by atoms with Crippen molar-refractivity contribution in [2.75, 3.05) is 0 Å². The van der Waals surface area contributed by atoms with Crippen molar-refractivity contribution in [3.63, 3.8) is 0 Å². The molecule has 0 aliphatic carbocycles. The van der Waals surface area contributed by atoms with E-state index in [-0.39, 0.29) is 0 Å². The molecule has 0 aliphatic heterocycles. The van der Waals surface area contributed by atoms with Crippen LogP contribution in [0.1, 0.15) is 11.1 Å². The number of aryl methyl sites for hydroxylation is 1. The Hall–Kier alpha value is -0.260. The van der Waals surface area contributed by atoms with Crippen LogP contribution in [0, 0.1) is 10.6 Å². The number of hydrogen-bond acceptors (Lipinski definition) is 1. The average molecular weight is 367 g/mol. The van der Waals surface area contributed by atoms with Crippen molar-refractivity contribution in [3.05, 3.63) is 49.3 Å². The van der Waals surface area contributed by atoms with Crippen molar-refractivity contribution in [2.45, 2.75) is 13.5 Å². The number of rotatable bonds is 2. The molecule has 0 N–H and O–H groups in total. The highest BCUT2D eigenvalue weighted by Crippen LogP contribution is 2.26. The van der Waals surface area contributed by atoms with E-state index >= 15 is 0 Å². The molecule has 5 heteroatoms. The smallest absolute Gasteiger partial charge is 0.126 e. The van der Waals surface area contributed by atoms with Crippen molar-refractivity contribution < 1.29 is 0 Å². The Bertz CT molecular complexity index is 503. The molecule has 16 heavy (non-hydrogen) atoms. The van der Waals surface area contributed by atoms with Gasteiger partial charge < -0.3 is 0 Å². The monoisotopic (exact) mass is 366 g/mol. The molecule has 0 radical (unpaired) electrons. The Labute approximate surface area is 118 Å². The lowest BCUT2D eigenvalue weighted by Crippen LogP contribution is -2.01. The van der Waals surface area contributed by atoms with E-state index in [4.69, 9.17) is 23.2 Å². The van der Waals surface area contributed by atoms with E-state index in [1.54, 1.807) is 6.07 Å². The van der Waals surface area contributed by atoms with Gasteiger partial charge in [0.1, 0.15) is 3.70 Å². The maximum Gasteiger partial charge on any atom is 0.126 e. The molecule has 2 rings (SSSR count). The molecule has 2 aromatic rings. The summed E-state index contributed by atoms with van der Waals surface area (Å²) in [7, 11) is 0. The van der Waals surface area contributed by atoms with Crippen molar-refractivity contribution >= 4 is 45.8 Å². The number of aromatic nitrogens is 2. The van der Waals surface area contributed by atoms with Crippen LogP contribution in [0.5, 0.6) is 0 Å². The normalized spacial score (nSPS) is 10.8. The zero-order chi connectivity index (χ0) is 11.7. The van der Waals surface area contributed by atoms with Gasteiger partial charge in [-0.3, -0.25) is 4.68 Å². The Balaban J connectivity index is 2.30. The highest BCUT2D eigenvalue weighted by molar-refractivity contribution is 14.1. The molecule has 0 amide bonds. The molecular weight excluding hydrogens is 358 g/mol. The molecule has 1 heterocycles. The maximum absolute atomic E-state index is 6.11. The molecular formula is C11H9Cl2IN2. The van der Waals surface area contributed by atoms with Crippen LogP contribution in [0.4, 0.5) is 0 Å². The highest BCUT2D eigenvalue weighted by Gasteiger charge is 2.07. The molecule has 0 spiro atoms. The van der Waals surface area contributed by atoms with Gasteiger partial charge >= 0.3 is 0 Å². The van der Waals surface area contributed by atoms with Gasteiger partial charge in [0, 0.05) is 11.8 Å². The molecule has 0 atom stereocenters. The highest BCUT2D eigenvalue weighted by atomic mass is 127. The number of hydrogen-bond donors (Lipinski definition) is 0. The average Bonchev–Trinajstić information content (AvgIpc) is 2.54. The summed E-state index contributed by atoms with van der Waals surface area (Å²) in [4.78, 5) is 0. The van der Waals surface area contributed by atoms with E-state index in [0.29, 0.717) is 16.6 Å². The van der Waals surface area contributed by atoms with E-state index in [9.17, 15) is 0 Å². The first-order valence-electron chi connectivity index (χ1n) is 4.70. The van der Waals surface area contributed by atoms with E-state index in [2.05, 4.69) is 27.7 Å². The molecule has 1 aromatic heterocycles. The molecule has 0 aliphatic rings. The zero-order valence-corrected chi connectivity index (χ0v) is 12.2. The van der Waals surface area contributed by atoms with Crippen molar-refractivity contribution in [3.8, 4) is 0 Å². The van der Waals surface area contributed by atoms with Gasteiger partial charge in [-0.05, 0) is 41.1 Å². The van der Waals surface area contributed by atoms with Crippen molar-refractivity contribution in [1.29, 1.82) is 0 Å². The lowest BCUT2D eigenvalue weighted by atomic mass is 10.2. The summed E-state index contributed by atoms with van der Waals surface area (Å²) in [6.45, 7) is 2.67. The van der Waals surface area contributed by atoms with Crippen LogP contribution in [0.2, 0.25) is 10.0 Å². The second-order valence-electron chi connectivity index (χ2n) is 3.51. The minimum absolute atomic E-state index is 0.581. The Kier molecular flexibility index (Phi) is 3.77. The van der Waals surface area contributed by atoms with Gasteiger partial charge in [0.2, 0.25) is 0 Å². The lowest BCUT2D eigenvalue weighted by Gasteiger charge is -2.05. The van der Waals surface area contributed by atoms with Crippen molar-refractivity contribution in [2.24, 2.45) is 0 Å². The van der Waals surface area contributed by atoms with Gasteiger partial charge in [0.25, 0.3) is 0 Å². The largest absolute Gasteiger partial charge is 0.267 e. The summed E-state index contributed by atoms with van der Waals surface area (Å²) in [6.07, 6.45) is 2.00. The third-order valence-electron chi connectivity index (χ3n) is 2.25. The lowest BCUT2D eigenvalue weighted by molar-refractivity contribution is 0.681. The van der Waals surface area contributed by atoms with Crippen LogP contribution in [-0.4, -0.2) is 9.78 Å². The van der Waals surface area contributed by atoms with Crippen molar-refractivity contribution in [1.82, 2.24) is 9.78 Å². The molecule has 0 bridgehead atoms. The maximum atomic E-state index is 6.11. The van der Waals surface area contributed by atoms with Gasteiger partial charge in [-0.2, -0.15) is 5.10 Å². The third kappa shape index (κ3) is 2.52. The van der Waals surface area contributed by atoms with E-state index < -0.39 is 0 Å². The predicted octanol–water partition coefficient (Wildman–Crippen LogP) is 4.15. The number of nitrogens with zero attached hydrogens (tertiary/aromatic N) is 2. The molecule has 0 unspecified atom stereocenters. The first-order valence-corrected chi connectivity index (χ1v) is 6.54. The topological polar surface area (TPSA) is 17.8 Å². The molecule has 0 fully saturated rings. The summed E-state index contributed by atoms with van der Waals surface area (Å²) >= 11 is 14.3. The summed E-state index contributed by atoms with van der Waals surface area (Å²) in [5.41, 5.74) is 2.15. The molecule has 0 saturated heterocycles. The minimum Gasteiger partial charge on any atom is -0.267 e. The van der Waals surface area contributed by atoms with E-state index in [1.807, 2.05) is 29.9 Å². The zero-order valence-electron chi connectivity index (χ0n) is 8.54. The molecule has 1 aromatic carbocycles. The first kappa shape index (κ1) is 12.2. The summed E-state index contributed by atoms with van der Waals surface area (Å²) in [6, 6.07) is 5.63. The minimum atomic E-state index is 0.581. The fraction of sp³-hybridized carbons (Fsp3) is 0.182. The van der Waals surface area contributed by atoms with Gasteiger partial charge in [0.15, 0.2) is 0 Å². The SMILES string of the molecule is Cc1cn(Cc2cccc(Cl)c2Cl)nc1I. The van der Waals surface area contributed by atoms with Crippen LogP contribution in [0.3, 0.4) is 0 Å². The van der Waals surface area contributed by atoms with Gasteiger partial charge in [-0.15, -0.1) is 0 Å². The second kappa shape index (κ2) is 4.94. The summed E-state index contributed by atoms with van der Waals surface area (Å²) in [5, 5.41) is 5.56. The predicted molar refractivity (Wildman–Crippen MR) is 75.2 cm³/mol. The molecule has 84 valence electrons. The van der Waals surface area contributed by atoms with Gasteiger partial charge in [-0.1, -0.05) is 35.3 Å². The summed E-state index contributed by atoms with van der Waals surface area (Å²) in [5.74, 6) is 0. The second-order valence-corrected chi connectivity index (χ2v) is 5.32. The van der Waals surface area contributed by atoms with E-state index in [0.717, 1.165) is 9.26 Å². The van der Waals surface area contributed by atoms with Crippen LogP contribution in [-0.2, 0) is 6.54 Å². The standard InChI is InChI=1S/C11H9Cl2IN2/c1-7-5-16(15-11(7)14)6-8-3-2-4-9(12)10(8)13/h2-5H,6H2,1H3. The number of benzene rings is 1. The third-order valence-corrected chi connectivity index (χ3v) is 4.17. The van der Waals surface area contributed by atoms with Crippen LogP contribution < -0.4 is 0 Å².